The van der Waals surface area contributed by atoms with Crippen LogP contribution in [-0.2, 0) is 6.42 Å². The maximum atomic E-state index is 4.59. The number of rotatable bonds is 8. The quantitative estimate of drug-likeness (QED) is 0.436. The average Bonchev–Trinajstić information content (AvgIpc) is 2.45. The summed E-state index contributed by atoms with van der Waals surface area (Å²) in [5.41, 5.74) is 2.59. The standard InChI is InChI=1S/C16H28N4/c1-4-6-7-10-19-16(18-5-2)20-12-9-15-8-11-17-13-14(15)3/h8,11,13H,4-7,9-10,12H2,1-3H3,(H2,18,19,20). The smallest absolute Gasteiger partial charge is 0.191 e. The van der Waals surface area contributed by atoms with Crippen LogP contribution in [0.1, 0.15) is 44.2 Å². The highest BCUT2D eigenvalue weighted by atomic mass is 15.2. The van der Waals surface area contributed by atoms with Gasteiger partial charge in [-0.05, 0) is 43.9 Å². The number of aliphatic imine (C=N–C) groups is 1. The molecule has 0 aliphatic rings. The van der Waals surface area contributed by atoms with Crippen molar-refractivity contribution in [1.29, 1.82) is 0 Å². The van der Waals surface area contributed by atoms with Crippen LogP contribution in [0, 0.1) is 6.92 Å². The van der Waals surface area contributed by atoms with E-state index < -0.39 is 0 Å². The van der Waals surface area contributed by atoms with Gasteiger partial charge in [0.2, 0.25) is 0 Å². The van der Waals surface area contributed by atoms with E-state index in [4.69, 9.17) is 0 Å². The molecule has 0 unspecified atom stereocenters. The number of pyridine rings is 1. The van der Waals surface area contributed by atoms with E-state index in [0.29, 0.717) is 0 Å². The fourth-order valence-electron chi connectivity index (χ4n) is 1.99. The lowest BCUT2D eigenvalue weighted by atomic mass is 10.1. The predicted octanol–water partition coefficient (Wildman–Crippen LogP) is 2.68. The SMILES string of the molecule is CCCCCN=C(NCC)NCCc1ccncc1C. The van der Waals surface area contributed by atoms with Crippen LogP contribution in [0.5, 0.6) is 0 Å². The Kier molecular flexibility index (Phi) is 8.43. The molecule has 4 nitrogen and oxygen atoms in total. The number of unbranched alkanes of at least 4 members (excludes halogenated alkanes) is 2. The van der Waals surface area contributed by atoms with Crippen molar-refractivity contribution in [2.45, 2.75) is 46.5 Å². The molecule has 1 heterocycles. The number of nitrogens with zero attached hydrogens (tertiary/aromatic N) is 2. The summed E-state index contributed by atoms with van der Waals surface area (Å²) in [4.78, 5) is 8.71. The highest BCUT2D eigenvalue weighted by Gasteiger charge is 1.99. The third kappa shape index (κ3) is 6.55. The zero-order valence-corrected chi connectivity index (χ0v) is 13.1. The van der Waals surface area contributed by atoms with Gasteiger partial charge < -0.3 is 10.6 Å². The molecule has 0 aromatic carbocycles. The van der Waals surface area contributed by atoms with Crippen molar-refractivity contribution in [3.8, 4) is 0 Å². The van der Waals surface area contributed by atoms with E-state index >= 15 is 0 Å². The molecule has 0 spiro atoms. The Balaban J connectivity index is 2.36. The topological polar surface area (TPSA) is 49.3 Å². The summed E-state index contributed by atoms with van der Waals surface area (Å²) < 4.78 is 0. The normalized spacial score (nSPS) is 11.4. The van der Waals surface area contributed by atoms with Gasteiger partial charge >= 0.3 is 0 Å². The van der Waals surface area contributed by atoms with E-state index in [-0.39, 0.29) is 0 Å². The molecule has 20 heavy (non-hydrogen) atoms. The van der Waals surface area contributed by atoms with Crippen LogP contribution in [0.25, 0.3) is 0 Å². The monoisotopic (exact) mass is 276 g/mol. The van der Waals surface area contributed by atoms with E-state index in [1.54, 1.807) is 0 Å². The van der Waals surface area contributed by atoms with Crippen molar-refractivity contribution >= 4 is 5.96 Å². The molecule has 4 heteroatoms. The molecule has 0 atom stereocenters. The summed E-state index contributed by atoms with van der Waals surface area (Å²) in [5.74, 6) is 0.926. The van der Waals surface area contributed by atoms with Gasteiger partial charge in [-0.15, -0.1) is 0 Å². The lowest BCUT2D eigenvalue weighted by Gasteiger charge is -2.12. The number of guanidine groups is 1. The minimum atomic E-state index is 0.893. The fourth-order valence-corrected chi connectivity index (χ4v) is 1.99. The van der Waals surface area contributed by atoms with Gasteiger partial charge in [-0.25, -0.2) is 0 Å². The molecule has 1 aromatic rings. The van der Waals surface area contributed by atoms with Crippen molar-refractivity contribution in [2.75, 3.05) is 19.6 Å². The first kappa shape index (κ1) is 16.5. The van der Waals surface area contributed by atoms with Crippen molar-refractivity contribution in [2.24, 2.45) is 4.99 Å². The zero-order chi connectivity index (χ0) is 14.6. The first-order chi connectivity index (χ1) is 9.77. The van der Waals surface area contributed by atoms with Crippen molar-refractivity contribution in [3.05, 3.63) is 29.6 Å². The highest BCUT2D eigenvalue weighted by molar-refractivity contribution is 5.79. The Morgan fingerprint density at radius 3 is 2.80 bits per heavy atom. The van der Waals surface area contributed by atoms with Crippen molar-refractivity contribution < 1.29 is 0 Å². The van der Waals surface area contributed by atoms with Crippen molar-refractivity contribution in [1.82, 2.24) is 15.6 Å². The maximum absolute atomic E-state index is 4.59. The van der Waals surface area contributed by atoms with Gasteiger partial charge in [0.25, 0.3) is 0 Å². The van der Waals surface area contributed by atoms with Crippen LogP contribution in [0.15, 0.2) is 23.5 Å². The van der Waals surface area contributed by atoms with Gasteiger partial charge in [0.1, 0.15) is 0 Å². The minimum absolute atomic E-state index is 0.893. The Morgan fingerprint density at radius 1 is 1.25 bits per heavy atom. The average molecular weight is 276 g/mol. The molecule has 112 valence electrons. The van der Waals surface area contributed by atoms with Crippen LogP contribution in [0.4, 0.5) is 0 Å². The molecule has 0 amide bonds. The third-order valence-corrected chi connectivity index (χ3v) is 3.20. The lowest BCUT2D eigenvalue weighted by Crippen LogP contribution is -2.38. The maximum Gasteiger partial charge on any atom is 0.191 e. The largest absolute Gasteiger partial charge is 0.357 e. The van der Waals surface area contributed by atoms with Crippen LogP contribution in [0.3, 0.4) is 0 Å². The summed E-state index contributed by atoms with van der Waals surface area (Å²) in [7, 11) is 0. The number of nitrogens with one attached hydrogen (secondary N) is 2. The van der Waals surface area contributed by atoms with E-state index in [9.17, 15) is 0 Å². The second-order valence-electron chi connectivity index (χ2n) is 4.95. The van der Waals surface area contributed by atoms with E-state index in [0.717, 1.165) is 38.4 Å². The van der Waals surface area contributed by atoms with Crippen LogP contribution >= 0.6 is 0 Å². The molecule has 0 radical (unpaired) electrons. The van der Waals surface area contributed by atoms with Gasteiger partial charge in [0.05, 0.1) is 0 Å². The molecule has 0 fully saturated rings. The van der Waals surface area contributed by atoms with Gasteiger partial charge in [-0.1, -0.05) is 19.8 Å². The van der Waals surface area contributed by atoms with Gasteiger partial charge in [0.15, 0.2) is 5.96 Å². The lowest BCUT2D eigenvalue weighted by molar-refractivity contribution is 0.716. The molecule has 0 saturated heterocycles. The Bertz CT molecular complexity index is 401. The van der Waals surface area contributed by atoms with Gasteiger partial charge in [0, 0.05) is 32.0 Å². The summed E-state index contributed by atoms with van der Waals surface area (Å²) in [6, 6.07) is 2.09. The Hall–Kier alpha value is -1.58. The van der Waals surface area contributed by atoms with Crippen molar-refractivity contribution in [3.63, 3.8) is 0 Å². The third-order valence-electron chi connectivity index (χ3n) is 3.20. The second-order valence-corrected chi connectivity index (χ2v) is 4.95. The van der Waals surface area contributed by atoms with Crippen LogP contribution in [-0.4, -0.2) is 30.6 Å². The molecule has 1 rings (SSSR count). The summed E-state index contributed by atoms with van der Waals surface area (Å²) in [5, 5.41) is 6.68. The predicted molar refractivity (Wildman–Crippen MR) is 86.2 cm³/mol. The number of aryl methyl sites for hydroxylation is 1. The van der Waals surface area contributed by atoms with E-state index in [1.807, 2.05) is 12.4 Å². The number of hydrogen-bond donors (Lipinski definition) is 2. The van der Waals surface area contributed by atoms with E-state index in [1.165, 1.54) is 24.0 Å². The van der Waals surface area contributed by atoms with Gasteiger partial charge in [-0.2, -0.15) is 0 Å². The van der Waals surface area contributed by atoms with Crippen LogP contribution < -0.4 is 10.6 Å². The number of hydrogen-bond acceptors (Lipinski definition) is 2. The minimum Gasteiger partial charge on any atom is -0.357 e. The summed E-state index contributed by atoms with van der Waals surface area (Å²) in [6.45, 7) is 9.10. The second kappa shape index (κ2) is 10.2. The zero-order valence-electron chi connectivity index (χ0n) is 13.1. The first-order valence-corrected chi connectivity index (χ1v) is 7.69. The molecule has 0 aliphatic heterocycles. The molecular weight excluding hydrogens is 248 g/mol. The summed E-state index contributed by atoms with van der Waals surface area (Å²) >= 11 is 0. The highest BCUT2D eigenvalue weighted by Crippen LogP contribution is 2.04. The molecule has 1 aromatic heterocycles. The fraction of sp³-hybridized carbons (Fsp3) is 0.625. The Labute approximate surface area is 123 Å². The molecule has 2 N–H and O–H groups in total. The molecule has 0 bridgehead atoms. The molecular formula is C16H28N4. The Morgan fingerprint density at radius 2 is 2.10 bits per heavy atom. The van der Waals surface area contributed by atoms with Gasteiger partial charge in [-0.3, -0.25) is 9.98 Å². The summed E-state index contributed by atoms with van der Waals surface area (Å²) in [6.07, 6.45) is 8.41. The first-order valence-electron chi connectivity index (χ1n) is 7.69. The number of aromatic nitrogens is 1. The molecule has 0 saturated carbocycles. The molecule has 0 aliphatic carbocycles. The van der Waals surface area contributed by atoms with E-state index in [2.05, 4.69) is 47.4 Å². The van der Waals surface area contributed by atoms with Crippen LogP contribution in [0.2, 0.25) is 0 Å².